The molecule has 0 atom stereocenters. The van der Waals surface area contributed by atoms with Crippen LogP contribution in [0.4, 0.5) is 0 Å². The van der Waals surface area contributed by atoms with Crippen molar-refractivity contribution in [2.24, 2.45) is 0 Å². The molecule has 25 heavy (non-hydrogen) atoms. The predicted molar refractivity (Wildman–Crippen MR) is 101 cm³/mol. The summed E-state index contributed by atoms with van der Waals surface area (Å²) in [6, 6.07) is 6.84. The highest BCUT2D eigenvalue weighted by molar-refractivity contribution is 7.71. The number of fused-ring (bicyclic) bond motifs is 3. The standard InChI is InChI=1S/C18H16N2O3S2/c1-23-12-8-4-2-6-10(12)16(21)20-17(22)14-11-7-3-5-9-13(11)25-15(14)19-18(20)24/h2,4,6,8H,3,5,7,9H2,1H3,(H,19,24). The Balaban J connectivity index is 1.98. The number of carbonyl (C=O) groups is 1. The largest absolute Gasteiger partial charge is 0.496 e. The van der Waals surface area contributed by atoms with Crippen LogP contribution in [0.3, 0.4) is 0 Å². The maximum atomic E-state index is 13.1. The van der Waals surface area contributed by atoms with Gasteiger partial charge in [0.1, 0.15) is 10.6 Å². The molecule has 4 rings (SSSR count). The van der Waals surface area contributed by atoms with Crippen LogP contribution >= 0.6 is 23.6 Å². The summed E-state index contributed by atoms with van der Waals surface area (Å²) in [6.45, 7) is 0. The monoisotopic (exact) mass is 372 g/mol. The number of carbonyl (C=O) groups excluding carboxylic acids is 1. The number of ether oxygens (including phenoxy) is 1. The van der Waals surface area contributed by atoms with E-state index >= 15 is 0 Å². The molecule has 7 heteroatoms. The summed E-state index contributed by atoms with van der Waals surface area (Å²) in [6.07, 6.45) is 4.05. The van der Waals surface area contributed by atoms with Crippen LogP contribution < -0.4 is 10.3 Å². The van der Waals surface area contributed by atoms with Gasteiger partial charge in [0, 0.05) is 4.88 Å². The average molecular weight is 372 g/mol. The van der Waals surface area contributed by atoms with Crippen molar-refractivity contribution in [3.8, 4) is 5.75 Å². The SMILES string of the molecule is COc1ccccc1C(=O)n1c(=S)[nH]c2sc3c(c2c1=O)CCCC3. The van der Waals surface area contributed by atoms with Crippen LogP contribution in [0.15, 0.2) is 29.1 Å². The molecule has 0 bridgehead atoms. The van der Waals surface area contributed by atoms with Gasteiger partial charge in [0.05, 0.1) is 18.1 Å². The maximum Gasteiger partial charge on any atom is 0.270 e. The molecule has 0 amide bonds. The number of hydrogen-bond donors (Lipinski definition) is 1. The molecule has 128 valence electrons. The molecule has 1 aliphatic carbocycles. The van der Waals surface area contributed by atoms with E-state index in [1.807, 2.05) is 0 Å². The van der Waals surface area contributed by atoms with Crippen LogP contribution in [0.2, 0.25) is 0 Å². The minimum absolute atomic E-state index is 0.118. The Morgan fingerprint density at radius 3 is 2.84 bits per heavy atom. The molecule has 2 heterocycles. The number of rotatable bonds is 2. The third-order valence-electron chi connectivity index (χ3n) is 4.55. The third kappa shape index (κ3) is 2.54. The van der Waals surface area contributed by atoms with Gasteiger partial charge < -0.3 is 9.72 Å². The number of nitrogens with zero attached hydrogens (tertiary/aromatic N) is 1. The molecule has 0 aliphatic heterocycles. The topological polar surface area (TPSA) is 64.1 Å². The zero-order valence-electron chi connectivity index (χ0n) is 13.6. The van der Waals surface area contributed by atoms with Crippen molar-refractivity contribution >= 4 is 39.7 Å². The number of hydrogen-bond acceptors (Lipinski definition) is 5. The summed E-state index contributed by atoms with van der Waals surface area (Å²) in [5.41, 5.74) is 1.05. The van der Waals surface area contributed by atoms with Crippen molar-refractivity contribution in [2.45, 2.75) is 25.7 Å². The van der Waals surface area contributed by atoms with E-state index in [4.69, 9.17) is 17.0 Å². The highest BCUT2D eigenvalue weighted by Crippen LogP contribution is 2.33. The number of methoxy groups -OCH3 is 1. The smallest absolute Gasteiger partial charge is 0.270 e. The van der Waals surface area contributed by atoms with Crippen LogP contribution in [0.25, 0.3) is 10.2 Å². The van der Waals surface area contributed by atoms with Crippen LogP contribution in [0.1, 0.15) is 33.6 Å². The highest BCUT2D eigenvalue weighted by Gasteiger charge is 2.23. The number of thiophene rings is 1. The molecule has 1 N–H and O–H groups in total. The van der Waals surface area contributed by atoms with E-state index in [2.05, 4.69) is 4.98 Å². The van der Waals surface area contributed by atoms with Crippen molar-refractivity contribution in [3.05, 3.63) is 55.4 Å². The second kappa shape index (κ2) is 6.24. The Morgan fingerprint density at radius 1 is 1.28 bits per heavy atom. The fourth-order valence-electron chi connectivity index (χ4n) is 3.36. The first kappa shape index (κ1) is 16.2. The molecular formula is C18H16N2O3S2. The first-order valence-electron chi connectivity index (χ1n) is 8.09. The molecule has 0 fully saturated rings. The number of benzene rings is 1. The fourth-order valence-corrected chi connectivity index (χ4v) is 4.98. The summed E-state index contributed by atoms with van der Waals surface area (Å²) in [5.74, 6) is -0.0531. The summed E-state index contributed by atoms with van der Waals surface area (Å²) in [5, 5.41) is 0.608. The van der Waals surface area contributed by atoms with E-state index in [1.165, 1.54) is 12.0 Å². The Bertz CT molecular complexity index is 1110. The van der Waals surface area contributed by atoms with Crippen LogP contribution in [0.5, 0.6) is 5.75 Å². The second-order valence-electron chi connectivity index (χ2n) is 5.99. The summed E-state index contributed by atoms with van der Waals surface area (Å²) >= 11 is 6.90. The van der Waals surface area contributed by atoms with Crippen LogP contribution in [0, 0.1) is 4.77 Å². The van der Waals surface area contributed by atoms with Crippen LogP contribution in [-0.2, 0) is 12.8 Å². The van der Waals surface area contributed by atoms with E-state index < -0.39 is 5.91 Å². The quantitative estimate of drug-likeness (QED) is 0.697. The Hall–Kier alpha value is -2.25. The maximum absolute atomic E-state index is 13.1. The van der Waals surface area contributed by atoms with Gasteiger partial charge in [0.25, 0.3) is 11.5 Å². The van der Waals surface area contributed by atoms with E-state index in [9.17, 15) is 9.59 Å². The van der Waals surface area contributed by atoms with Gasteiger partial charge in [-0.25, -0.2) is 4.57 Å². The number of nitrogens with one attached hydrogen (secondary N) is 1. The van der Waals surface area contributed by atoms with Gasteiger partial charge in [0.2, 0.25) is 0 Å². The van der Waals surface area contributed by atoms with E-state index in [1.54, 1.807) is 35.6 Å². The number of aryl methyl sites for hydroxylation is 2. The molecule has 2 aromatic heterocycles. The van der Waals surface area contributed by atoms with Crippen molar-refractivity contribution in [1.82, 2.24) is 9.55 Å². The van der Waals surface area contributed by atoms with Gasteiger partial charge in [-0.3, -0.25) is 9.59 Å². The van der Waals surface area contributed by atoms with Gasteiger partial charge in [-0.05, 0) is 55.6 Å². The van der Waals surface area contributed by atoms with Crippen molar-refractivity contribution in [3.63, 3.8) is 0 Å². The second-order valence-corrected chi connectivity index (χ2v) is 7.48. The first-order chi connectivity index (χ1) is 12.1. The van der Waals surface area contributed by atoms with Crippen molar-refractivity contribution in [1.29, 1.82) is 0 Å². The molecule has 1 aromatic carbocycles. The van der Waals surface area contributed by atoms with E-state index in [0.717, 1.165) is 40.6 Å². The van der Waals surface area contributed by atoms with Gasteiger partial charge >= 0.3 is 0 Å². The molecule has 0 saturated heterocycles. The lowest BCUT2D eigenvalue weighted by molar-refractivity contribution is 0.0950. The van der Waals surface area contributed by atoms with Gasteiger partial charge in [0.15, 0.2) is 4.77 Å². The molecule has 3 aromatic rings. The average Bonchev–Trinajstić information content (AvgIpc) is 2.99. The molecular weight excluding hydrogens is 356 g/mol. The Kier molecular flexibility index (Phi) is 4.05. The van der Waals surface area contributed by atoms with Gasteiger partial charge in [-0.1, -0.05) is 12.1 Å². The zero-order valence-corrected chi connectivity index (χ0v) is 15.3. The molecule has 0 spiro atoms. The fraction of sp³-hybridized carbons (Fsp3) is 0.278. The van der Waals surface area contributed by atoms with Crippen molar-refractivity contribution in [2.75, 3.05) is 7.11 Å². The molecule has 1 aliphatic rings. The van der Waals surface area contributed by atoms with Crippen molar-refractivity contribution < 1.29 is 9.53 Å². The number of aromatic nitrogens is 2. The van der Waals surface area contributed by atoms with Gasteiger partial charge in [-0.2, -0.15) is 0 Å². The molecule has 0 saturated carbocycles. The number of H-pyrrole nitrogens is 1. The lowest BCUT2D eigenvalue weighted by Gasteiger charge is -2.11. The number of aromatic amines is 1. The van der Waals surface area contributed by atoms with E-state index in [-0.39, 0.29) is 10.3 Å². The zero-order chi connectivity index (χ0) is 17.6. The molecule has 0 radical (unpaired) electrons. The lowest BCUT2D eigenvalue weighted by Crippen LogP contribution is -2.29. The third-order valence-corrected chi connectivity index (χ3v) is 6.04. The highest BCUT2D eigenvalue weighted by atomic mass is 32.1. The summed E-state index contributed by atoms with van der Waals surface area (Å²) in [7, 11) is 1.49. The Morgan fingerprint density at radius 2 is 2.04 bits per heavy atom. The minimum Gasteiger partial charge on any atom is -0.496 e. The normalized spacial score (nSPS) is 13.6. The molecule has 5 nitrogen and oxygen atoms in total. The predicted octanol–water partition coefficient (Wildman–Crippen LogP) is 3.70. The summed E-state index contributed by atoms with van der Waals surface area (Å²) < 4.78 is 6.42. The van der Waals surface area contributed by atoms with Crippen LogP contribution in [-0.4, -0.2) is 22.6 Å². The minimum atomic E-state index is -0.471. The van der Waals surface area contributed by atoms with E-state index in [0.29, 0.717) is 16.7 Å². The number of para-hydroxylation sites is 1. The Labute approximate surface area is 152 Å². The molecule has 0 unspecified atom stereocenters. The summed E-state index contributed by atoms with van der Waals surface area (Å²) in [4.78, 5) is 31.2. The first-order valence-corrected chi connectivity index (χ1v) is 9.31. The lowest BCUT2D eigenvalue weighted by atomic mass is 9.97. The van der Waals surface area contributed by atoms with Gasteiger partial charge in [-0.15, -0.1) is 11.3 Å².